The molecule has 8 heteroatoms. The molecule has 2 N–H and O–H groups in total. The molecule has 0 aliphatic heterocycles. The van der Waals surface area contributed by atoms with Crippen molar-refractivity contribution in [1.29, 1.82) is 0 Å². The number of carbonyl (C=O) groups excluding carboxylic acids is 2. The molecule has 8 nitrogen and oxygen atoms in total. The molecular formula is C27H32N4O4. The van der Waals surface area contributed by atoms with Gasteiger partial charge in [0, 0.05) is 63.6 Å². The number of nitrogens with zero attached hydrogens (tertiary/aromatic N) is 2. The fourth-order valence-corrected chi connectivity index (χ4v) is 3.47. The number of nitrogens with one attached hydrogen (secondary N) is 2. The highest BCUT2D eigenvalue weighted by Crippen LogP contribution is 2.06. The summed E-state index contributed by atoms with van der Waals surface area (Å²) >= 11 is 0. The molecular weight excluding hydrogens is 444 g/mol. The number of aromatic nitrogens is 2. The van der Waals surface area contributed by atoms with Gasteiger partial charge in [-0.1, -0.05) is 35.9 Å². The van der Waals surface area contributed by atoms with Gasteiger partial charge in [0.05, 0.1) is 0 Å². The summed E-state index contributed by atoms with van der Waals surface area (Å²) in [5.41, 5.74) is 2.19. The molecule has 0 bridgehead atoms. The molecule has 2 amide bonds. The lowest BCUT2D eigenvalue weighted by molar-refractivity contribution is 0.0942. The molecule has 3 rings (SSSR count). The second-order valence-corrected chi connectivity index (χ2v) is 8.20. The Morgan fingerprint density at radius 2 is 1.71 bits per heavy atom. The topological polar surface area (TPSA) is 102 Å². The molecule has 1 aromatic carbocycles. The van der Waals surface area contributed by atoms with E-state index >= 15 is 0 Å². The van der Waals surface area contributed by atoms with Gasteiger partial charge < -0.3 is 19.9 Å². The Morgan fingerprint density at radius 3 is 2.37 bits per heavy atom. The molecule has 0 spiro atoms. The van der Waals surface area contributed by atoms with Crippen molar-refractivity contribution in [3.8, 4) is 0 Å². The van der Waals surface area contributed by atoms with E-state index in [1.165, 1.54) is 12.4 Å². The van der Waals surface area contributed by atoms with E-state index in [1.54, 1.807) is 10.8 Å². The number of hydrogen-bond acceptors (Lipinski definition) is 5. The summed E-state index contributed by atoms with van der Waals surface area (Å²) in [5.74, 6) is -1.03. The van der Waals surface area contributed by atoms with Gasteiger partial charge in [-0.2, -0.15) is 0 Å². The molecule has 184 valence electrons. The van der Waals surface area contributed by atoms with Crippen molar-refractivity contribution in [2.45, 2.75) is 39.8 Å². The second kappa shape index (κ2) is 13.2. The summed E-state index contributed by atoms with van der Waals surface area (Å²) in [7, 11) is 0. The van der Waals surface area contributed by atoms with E-state index in [-0.39, 0.29) is 17.7 Å². The molecule has 0 fully saturated rings. The highest BCUT2D eigenvalue weighted by molar-refractivity contribution is 5.99. The monoisotopic (exact) mass is 476 g/mol. The number of pyridine rings is 2. The van der Waals surface area contributed by atoms with Gasteiger partial charge in [-0.3, -0.25) is 19.4 Å². The van der Waals surface area contributed by atoms with Crippen molar-refractivity contribution < 1.29 is 14.3 Å². The number of benzene rings is 1. The molecule has 2 aromatic heterocycles. The summed E-state index contributed by atoms with van der Waals surface area (Å²) in [6.45, 7) is 6.13. The predicted molar refractivity (Wildman–Crippen MR) is 134 cm³/mol. The van der Waals surface area contributed by atoms with Gasteiger partial charge in [0.2, 0.25) is 5.43 Å². The van der Waals surface area contributed by atoms with E-state index in [9.17, 15) is 14.4 Å². The van der Waals surface area contributed by atoms with Crippen LogP contribution in [0.3, 0.4) is 0 Å². The average Bonchev–Trinajstić information content (AvgIpc) is 2.88. The van der Waals surface area contributed by atoms with Crippen LogP contribution in [0, 0.1) is 6.92 Å². The Hall–Kier alpha value is -3.78. The van der Waals surface area contributed by atoms with Gasteiger partial charge >= 0.3 is 0 Å². The van der Waals surface area contributed by atoms with Crippen LogP contribution in [-0.4, -0.2) is 41.1 Å². The van der Waals surface area contributed by atoms with E-state index in [0.29, 0.717) is 39.1 Å². The van der Waals surface area contributed by atoms with E-state index < -0.39 is 17.2 Å². The van der Waals surface area contributed by atoms with Crippen LogP contribution in [0.2, 0.25) is 0 Å². The third-order valence-corrected chi connectivity index (χ3v) is 5.45. The van der Waals surface area contributed by atoms with Crippen molar-refractivity contribution in [3.05, 3.63) is 99.2 Å². The van der Waals surface area contributed by atoms with Crippen LogP contribution in [0.25, 0.3) is 0 Å². The molecule has 2 heterocycles. The van der Waals surface area contributed by atoms with Crippen LogP contribution >= 0.6 is 0 Å². The van der Waals surface area contributed by atoms with Crippen molar-refractivity contribution in [2.24, 2.45) is 0 Å². The van der Waals surface area contributed by atoms with Gasteiger partial charge in [0.25, 0.3) is 11.8 Å². The number of carbonyl (C=O) groups is 2. The van der Waals surface area contributed by atoms with E-state index in [4.69, 9.17) is 4.74 Å². The third-order valence-electron chi connectivity index (χ3n) is 5.45. The van der Waals surface area contributed by atoms with Gasteiger partial charge in [-0.25, -0.2) is 0 Å². The Bertz CT molecular complexity index is 1170. The van der Waals surface area contributed by atoms with Crippen molar-refractivity contribution >= 4 is 11.8 Å². The second-order valence-electron chi connectivity index (χ2n) is 8.20. The maximum absolute atomic E-state index is 13.1. The lowest BCUT2D eigenvalue weighted by Gasteiger charge is -2.13. The minimum absolute atomic E-state index is 0.0644. The Balaban J connectivity index is 1.79. The number of ether oxygens (including phenoxy) is 1. The fraction of sp³-hybridized carbons (Fsp3) is 0.333. The quantitative estimate of drug-likeness (QED) is 0.392. The summed E-state index contributed by atoms with van der Waals surface area (Å²) in [5, 5.41) is 5.55. The fourth-order valence-electron chi connectivity index (χ4n) is 3.47. The van der Waals surface area contributed by atoms with Crippen molar-refractivity contribution in [2.75, 3.05) is 19.8 Å². The zero-order chi connectivity index (χ0) is 25.0. The summed E-state index contributed by atoms with van der Waals surface area (Å²) in [6, 6.07) is 13.4. The number of hydrogen-bond donors (Lipinski definition) is 2. The molecule has 0 saturated carbocycles. The van der Waals surface area contributed by atoms with E-state index in [0.717, 1.165) is 16.8 Å². The lowest BCUT2D eigenvalue weighted by atomic mass is 10.1. The first-order valence-corrected chi connectivity index (χ1v) is 11.8. The van der Waals surface area contributed by atoms with Crippen LogP contribution in [0.15, 0.2) is 65.8 Å². The van der Waals surface area contributed by atoms with Crippen molar-refractivity contribution in [3.63, 3.8) is 0 Å². The van der Waals surface area contributed by atoms with Crippen LogP contribution in [0.5, 0.6) is 0 Å². The largest absolute Gasteiger partial charge is 0.382 e. The van der Waals surface area contributed by atoms with Crippen LogP contribution in [0.1, 0.15) is 50.9 Å². The standard InChI is InChI=1S/C27H32N4O4/c1-3-35-16-6-14-29-26(33)23-18-31(15-12-22-7-4-5-13-28-22)19-24(25(23)32)27(34)30-17-21-10-8-20(2)9-11-21/h4-5,7-11,13,18-19H,3,6,12,14-17H2,1-2H3,(H,29,33)(H,30,34). The zero-order valence-corrected chi connectivity index (χ0v) is 20.3. The van der Waals surface area contributed by atoms with Gasteiger partial charge in [0.15, 0.2) is 0 Å². The third kappa shape index (κ3) is 7.89. The minimum atomic E-state index is -0.595. The van der Waals surface area contributed by atoms with Crippen LogP contribution < -0.4 is 16.1 Å². The predicted octanol–water partition coefficient (Wildman–Crippen LogP) is 2.88. The summed E-state index contributed by atoms with van der Waals surface area (Å²) in [4.78, 5) is 43.2. The smallest absolute Gasteiger partial charge is 0.257 e. The SMILES string of the molecule is CCOCCCNC(=O)c1cn(CCc2ccccn2)cc(C(=O)NCc2ccc(C)cc2)c1=O. The normalized spacial score (nSPS) is 10.7. The lowest BCUT2D eigenvalue weighted by Crippen LogP contribution is -2.35. The molecule has 0 unspecified atom stereocenters. The molecule has 0 aliphatic rings. The van der Waals surface area contributed by atoms with Gasteiger partial charge in [0.1, 0.15) is 11.1 Å². The maximum atomic E-state index is 13.1. The van der Waals surface area contributed by atoms with Crippen LogP contribution in [0.4, 0.5) is 0 Å². The zero-order valence-electron chi connectivity index (χ0n) is 20.3. The van der Waals surface area contributed by atoms with E-state index in [1.807, 2.05) is 56.3 Å². The first-order valence-electron chi connectivity index (χ1n) is 11.8. The Morgan fingerprint density at radius 1 is 1.00 bits per heavy atom. The van der Waals surface area contributed by atoms with Gasteiger partial charge in [-0.15, -0.1) is 0 Å². The summed E-state index contributed by atoms with van der Waals surface area (Å²) < 4.78 is 6.98. The average molecular weight is 477 g/mol. The van der Waals surface area contributed by atoms with Crippen molar-refractivity contribution in [1.82, 2.24) is 20.2 Å². The molecule has 3 aromatic rings. The molecule has 0 radical (unpaired) electrons. The molecule has 0 saturated heterocycles. The van der Waals surface area contributed by atoms with E-state index in [2.05, 4.69) is 15.6 Å². The summed E-state index contributed by atoms with van der Waals surface area (Å²) in [6.07, 6.45) is 5.93. The Labute approximate surface area is 205 Å². The number of amides is 2. The number of aryl methyl sites for hydroxylation is 3. The Kier molecular flexibility index (Phi) is 9.74. The number of rotatable bonds is 12. The maximum Gasteiger partial charge on any atom is 0.257 e. The highest BCUT2D eigenvalue weighted by Gasteiger charge is 2.19. The first kappa shape index (κ1) is 25.8. The molecule has 0 atom stereocenters. The van der Waals surface area contributed by atoms with Gasteiger partial charge in [-0.05, 0) is 38.0 Å². The molecule has 0 aliphatic carbocycles. The molecule has 35 heavy (non-hydrogen) atoms. The first-order chi connectivity index (χ1) is 17.0. The van der Waals surface area contributed by atoms with Crippen LogP contribution in [-0.2, 0) is 24.2 Å². The highest BCUT2D eigenvalue weighted by atomic mass is 16.5. The minimum Gasteiger partial charge on any atom is -0.382 e.